The third-order valence-electron chi connectivity index (χ3n) is 5.08. The van der Waals surface area contributed by atoms with E-state index >= 15 is 0 Å². The van der Waals surface area contributed by atoms with E-state index in [-0.39, 0.29) is 29.0 Å². The fourth-order valence-electron chi connectivity index (χ4n) is 3.20. The van der Waals surface area contributed by atoms with Crippen molar-refractivity contribution in [3.05, 3.63) is 22.8 Å². The first-order chi connectivity index (χ1) is 12.5. The van der Waals surface area contributed by atoms with Crippen LogP contribution in [0, 0.1) is 11.3 Å². The number of hydrogen-bond acceptors (Lipinski definition) is 5. The minimum absolute atomic E-state index is 0.174. The number of carbonyl (C=O) groups excluding carboxylic acids is 1. The maximum atomic E-state index is 12.7. The molecule has 0 spiro atoms. The molecule has 1 aliphatic rings. The van der Waals surface area contributed by atoms with Gasteiger partial charge in [0, 0.05) is 24.6 Å². The monoisotopic (exact) mass is 398 g/mol. The van der Waals surface area contributed by atoms with Crippen molar-refractivity contribution in [3.63, 3.8) is 0 Å². The van der Waals surface area contributed by atoms with Gasteiger partial charge >= 0.3 is 5.97 Å². The first kappa shape index (κ1) is 21.4. The van der Waals surface area contributed by atoms with Crippen molar-refractivity contribution in [1.29, 1.82) is 0 Å². The Labute approximate surface area is 164 Å². The normalized spacial score (nSPS) is 23.6. The molecule has 2 unspecified atom stereocenters. The molecule has 0 radical (unpaired) electrons. The van der Waals surface area contributed by atoms with Gasteiger partial charge in [-0.1, -0.05) is 39.3 Å². The molecule has 1 saturated carbocycles. The summed E-state index contributed by atoms with van der Waals surface area (Å²) < 4.78 is 11.1. The van der Waals surface area contributed by atoms with Crippen molar-refractivity contribution in [2.24, 2.45) is 11.3 Å². The Morgan fingerprint density at radius 1 is 1.44 bits per heavy atom. The first-order valence-corrected chi connectivity index (χ1v) is 9.38. The van der Waals surface area contributed by atoms with E-state index in [1.807, 2.05) is 20.8 Å². The van der Waals surface area contributed by atoms with Crippen LogP contribution < -0.4 is 10.1 Å². The highest BCUT2D eigenvalue weighted by Gasteiger charge is 2.66. The number of halogens is 1. The molecule has 150 valence electrons. The van der Waals surface area contributed by atoms with Gasteiger partial charge in [-0.3, -0.25) is 4.79 Å². The number of pyridine rings is 1. The van der Waals surface area contributed by atoms with E-state index in [0.29, 0.717) is 19.1 Å². The molecule has 1 fully saturated rings. The molecule has 1 heterocycles. The second kappa shape index (κ2) is 8.02. The molecule has 0 aromatic carbocycles. The molecule has 2 N–H and O–H groups in total. The zero-order valence-corrected chi connectivity index (χ0v) is 17.1. The second-order valence-corrected chi connectivity index (χ2v) is 8.16. The van der Waals surface area contributed by atoms with Gasteiger partial charge in [0.25, 0.3) is 5.91 Å². The number of nitrogens with zero attached hydrogens (tertiary/aromatic N) is 1. The molecular formula is C19H27ClN2O5. The van der Waals surface area contributed by atoms with Crippen molar-refractivity contribution in [2.45, 2.75) is 52.7 Å². The van der Waals surface area contributed by atoms with Crippen molar-refractivity contribution in [2.75, 3.05) is 13.2 Å². The fourth-order valence-corrected chi connectivity index (χ4v) is 3.43. The second-order valence-electron chi connectivity index (χ2n) is 7.75. The minimum atomic E-state index is -1.41. The van der Waals surface area contributed by atoms with Crippen molar-refractivity contribution in [1.82, 2.24) is 10.3 Å². The lowest BCUT2D eigenvalue weighted by atomic mass is 9.54. The Morgan fingerprint density at radius 3 is 2.59 bits per heavy atom. The van der Waals surface area contributed by atoms with Crippen LogP contribution in [0.25, 0.3) is 0 Å². The van der Waals surface area contributed by atoms with Crippen LogP contribution in [0.1, 0.15) is 51.4 Å². The number of nitrogens with one attached hydrogen (secondary N) is 1. The van der Waals surface area contributed by atoms with Gasteiger partial charge in [0.15, 0.2) is 0 Å². The third-order valence-corrected chi connectivity index (χ3v) is 5.35. The molecule has 0 saturated heterocycles. The highest BCUT2D eigenvalue weighted by Crippen LogP contribution is 2.51. The Bertz CT molecular complexity index is 722. The average Bonchev–Trinajstić information content (AvgIpc) is 2.58. The standard InChI is InChI=1S/C19H27ClN2O5/c1-6-26-14-8-19(17(24)25,18(14,4)5)22-15(23)12-7-13(20)16(21-9-12)27-10-11(2)3/h7,9,11,14H,6,8,10H2,1-5H3,(H,22,23)(H,24,25). The predicted molar refractivity (Wildman–Crippen MR) is 101 cm³/mol. The molecule has 1 aromatic heterocycles. The van der Waals surface area contributed by atoms with Crippen LogP contribution in [-0.4, -0.2) is 46.8 Å². The number of ether oxygens (including phenoxy) is 2. The Kier molecular flexibility index (Phi) is 6.37. The molecule has 0 aliphatic heterocycles. The average molecular weight is 399 g/mol. The van der Waals surface area contributed by atoms with E-state index in [2.05, 4.69) is 10.3 Å². The SMILES string of the molecule is CCOC1CC(NC(=O)c2cnc(OCC(C)C)c(Cl)c2)(C(=O)O)C1(C)C. The lowest BCUT2D eigenvalue weighted by molar-refractivity contribution is -0.190. The molecule has 7 nitrogen and oxygen atoms in total. The third kappa shape index (κ3) is 4.04. The molecule has 1 amide bonds. The van der Waals surface area contributed by atoms with E-state index in [0.717, 1.165) is 0 Å². The molecule has 1 aromatic rings. The van der Waals surface area contributed by atoms with Gasteiger partial charge < -0.3 is 19.9 Å². The van der Waals surface area contributed by atoms with E-state index in [1.165, 1.54) is 12.3 Å². The van der Waals surface area contributed by atoms with Crippen LogP contribution in [0.3, 0.4) is 0 Å². The maximum Gasteiger partial charge on any atom is 0.330 e. The molecule has 2 rings (SSSR count). The summed E-state index contributed by atoms with van der Waals surface area (Å²) in [5.74, 6) is -1.09. The van der Waals surface area contributed by atoms with E-state index in [1.54, 1.807) is 13.8 Å². The number of hydrogen-bond donors (Lipinski definition) is 2. The zero-order chi connectivity index (χ0) is 20.4. The zero-order valence-electron chi connectivity index (χ0n) is 16.3. The van der Waals surface area contributed by atoms with Crippen molar-refractivity contribution < 1.29 is 24.2 Å². The number of aromatic nitrogens is 1. The lowest BCUT2D eigenvalue weighted by Crippen LogP contribution is -2.76. The molecule has 8 heteroatoms. The van der Waals surface area contributed by atoms with Gasteiger partial charge in [-0.25, -0.2) is 9.78 Å². The van der Waals surface area contributed by atoms with Crippen LogP contribution in [0.4, 0.5) is 0 Å². The van der Waals surface area contributed by atoms with Crippen LogP contribution in [-0.2, 0) is 9.53 Å². The summed E-state index contributed by atoms with van der Waals surface area (Å²) in [6.45, 7) is 10.3. The number of rotatable bonds is 8. The van der Waals surface area contributed by atoms with Crippen LogP contribution >= 0.6 is 11.6 Å². The fraction of sp³-hybridized carbons (Fsp3) is 0.632. The highest BCUT2D eigenvalue weighted by molar-refractivity contribution is 6.32. The molecule has 27 heavy (non-hydrogen) atoms. The quantitative estimate of drug-likeness (QED) is 0.698. The van der Waals surface area contributed by atoms with Gasteiger partial charge in [0.2, 0.25) is 5.88 Å². The number of carbonyl (C=O) groups is 2. The van der Waals surface area contributed by atoms with Crippen LogP contribution in [0.5, 0.6) is 5.88 Å². The number of amides is 1. The Morgan fingerprint density at radius 2 is 2.11 bits per heavy atom. The van der Waals surface area contributed by atoms with E-state index in [9.17, 15) is 14.7 Å². The molecule has 2 atom stereocenters. The van der Waals surface area contributed by atoms with Gasteiger partial charge in [-0.05, 0) is 18.9 Å². The molecule has 1 aliphatic carbocycles. The summed E-state index contributed by atoms with van der Waals surface area (Å²) in [5, 5.41) is 12.7. The summed E-state index contributed by atoms with van der Waals surface area (Å²) in [6, 6.07) is 1.43. The Balaban J connectivity index is 2.18. The van der Waals surface area contributed by atoms with Gasteiger partial charge in [0.1, 0.15) is 10.6 Å². The van der Waals surface area contributed by atoms with Crippen molar-refractivity contribution in [3.8, 4) is 5.88 Å². The summed E-state index contributed by atoms with van der Waals surface area (Å²) in [6.07, 6.45) is 1.29. The molecular weight excluding hydrogens is 372 g/mol. The Hall–Kier alpha value is -1.86. The molecule has 0 bridgehead atoms. The van der Waals surface area contributed by atoms with Crippen molar-refractivity contribution >= 4 is 23.5 Å². The van der Waals surface area contributed by atoms with Gasteiger partial charge in [0.05, 0.1) is 18.3 Å². The largest absolute Gasteiger partial charge is 0.479 e. The first-order valence-electron chi connectivity index (χ1n) is 9.01. The predicted octanol–water partition coefficient (Wildman–Crippen LogP) is 3.16. The smallest absolute Gasteiger partial charge is 0.330 e. The summed E-state index contributed by atoms with van der Waals surface area (Å²) in [5.41, 5.74) is -2.00. The maximum absolute atomic E-state index is 12.7. The van der Waals surface area contributed by atoms with E-state index < -0.39 is 22.8 Å². The summed E-state index contributed by atoms with van der Waals surface area (Å²) in [7, 11) is 0. The number of carboxylic acids is 1. The summed E-state index contributed by atoms with van der Waals surface area (Å²) >= 11 is 6.16. The van der Waals surface area contributed by atoms with E-state index in [4.69, 9.17) is 21.1 Å². The van der Waals surface area contributed by atoms with Crippen LogP contribution in [0.15, 0.2) is 12.3 Å². The topological polar surface area (TPSA) is 97.8 Å². The highest BCUT2D eigenvalue weighted by atomic mass is 35.5. The number of aliphatic carboxylic acids is 1. The van der Waals surface area contributed by atoms with Gasteiger partial charge in [-0.15, -0.1) is 0 Å². The summed E-state index contributed by atoms with van der Waals surface area (Å²) in [4.78, 5) is 28.7. The number of carboxylic acid groups (broad SMARTS) is 1. The van der Waals surface area contributed by atoms with Crippen LogP contribution in [0.2, 0.25) is 5.02 Å². The van der Waals surface area contributed by atoms with Gasteiger partial charge in [-0.2, -0.15) is 0 Å². The lowest BCUT2D eigenvalue weighted by Gasteiger charge is -2.58. The minimum Gasteiger partial charge on any atom is -0.479 e.